The van der Waals surface area contributed by atoms with E-state index in [0.29, 0.717) is 11.1 Å². The Kier molecular flexibility index (Phi) is 2.44. The molecule has 0 aliphatic carbocycles. The Balaban J connectivity index is 2.78. The fraction of sp³-hybridized carbons (Fsp3) is 0.0769. The van der Waals surface area contributed by atoms with Crippen molar-refractivity contribution in [3.63, 3.8) is 0 Å². The van der Waals surface area contributed by atoms with Gasteiger partial charge in [0.2, 0.25) is 0 Å². The number of carbonyl (C=O) groups is 2. The van der Waals surface area contributed by atoms with Crippen LogP contribution in [0.4, 0.5) is 0 Å². The third kappa shape index (κ3) is 1.37. The van der Waals surface area contributed by atoms with Crippen LogP contribution in [0.5, 0.6) is 0 Å². The van der Waals surface area contributed by atoms with Crippen LogP contribution in [0.2, 0.25) is 0 Å². The zero-order chi connectivity index (χ0) is 11.7. The molecular weight excluding hydrogens is 202 g/mol. The maximum atomic E-state index is 11.6. The van der Waals surface area contributed by atoms with Crippen molar-refractivity contribution < 1.29 is 9.59 Å². The largest absolute Gasteiger partial charge is 0.288 e. The summed E-state index contributed by atoms with van der Waals surface area (Å²) in [7, 11) is 0. The first kappa shape index (κ1) is 10.4. The second-order valence-corrected chi connectivity index (χ2v) is 3.48. The van der Waals surface area contributed by atoms with E-state index in [9.17, 15) is 9.59 Å². The van der Waals surface area contributed by atoms with Gasteiger partial charge in [0.1, 0.15) is 0 Å². The van der Waals surface area contributed by atoms with E-state index in [1.165, 1.54) is 0 Å². The van der Waals surface area contributed by atoms with Crippen molar-refractivity contribution in [1.29, 1.82) is 0 Å². The lowest BCUT2D eigenvalue weighted by atomic mass is 9.96. The minimum Gasteiger partial charge on any atom is -0.288 e. The van der Waals surface area contributed by atoms with Crippen molar-refractivity contribution in [2.75, 3.05) is 0 Å². The molecule has 1 N–H and O–H groups in total. The van der Waals surface area contributed by atoms with E-state index in [1.54, 1.807) is 18.2 Å². The van der Waals surface area contributed by atoms with Gasteiger partial charge < -0.3 is 0 Å². The fourth-order valence-electron chi connectivity index (χ4n) is 1.83. The van der Waals surface area contributed by atoms with Gasteiger partial charge in [0, 0.05) is 0 Å². The first-order chi connectivity index (χ1) is 7.69. The van der Waals surface area contributed by atoms with E-state index in [1.807, 2.05) is 19.1 Å². The number of hydrogen-bond acceptors (Lipinski definition) is 2. The lowest BCUT2D eigenvalue weighted by Crippen LogP contribution is -2.20. The second kappa shape index (κ2) is 3.77. The molecule has 0 radical (unpaired) electrons. The maximum absolute atomic E-state index is 11.6. The molecule has 1 aliphatic heterocycles. The van der Waals surface area contributed by atoms with Gasteiger partial charge in [-0.1, -0.05) is 30.9 Å². The van der Waals surface area contributed by atoms with Crippen LogP contribution >= 0.6 is 0 Å². The molecule has 0 unspecified atom stereocenters. The number of amides is 2. The molecule has 1 aromatic carbocycles. The first-order valence-electron chi connectivity index (χ1n) is 4.97. The summed E-state index contributed by atoms with van der Waals surface area (Å²) in [6, 6.07) is 3.44. The summed E-state index contributed by atoms with van der Waals surface area (Å²) < 4.78 is 0. The SMILES string of the molecule is C=Cc1ccc2c(c1C=CC)C(=O)NC2=O. The van der Waals surface area contributed by atoms with E-state index in [2.05, 4.69) is 11.9 Å². The van der Waals surface area contributed by atoms with Gasteiger partial charge in [-0.25, -0.2) is 0 Å². The maximum Gasteiger partial charge on any atom is 0.259 e. The number of allylic oxidation sites excluding steroid dienone is 1. The average Bonchev–Trinajstić information content (AvgIpc) is 2.56. The molecule has 2 amide bonds. The number of hydrogen-bond donors (Lipinski definition) is 1. The monoisotopic (exact) mass is 213 g/mol. The molecular formula is C13H11NO2. The minimum atomic E-state index is -0.336. The second-order valence-electron chi connectivity index (χ2n) is 3.48. The Morgan fingerprint density at radius 1 is 1.25 bits per heavy atom. The van der Waals surface area contributed by atoms with Gasteiger partial charge in [-0.05, 0) is 24.1 Å². The number of fused-ring (bicyclic) bond motifs is 1. The van der Waals surface area contributed by atoms with Crippen molar-refractivity contribution in [2.45, 2.75) is 6.92 Å². The highest BCUT2D eigenvalue weighted by atomic mass is 16.2. The average molecular weight is 213 g/mol. The van der Waals surface area contributed by atoms with Crippen LogP contribution in [-0.2, 0) is 0 Å². The van der Waals surface area contributed by atoms with Crippen LogP contribution in [0.15, 0.2) is 24.8 Å². The van der Waals surface area contributed by atoms with Gasteiger partial charge in [-0.2, -0.15) is 0 Å². The molecule has 0 fully saturated rings. The number of imide groups is 1. The summed E-state index contributed by atoms with van der Waals surface area (Å²) in [5.41, 5.74) is 2.48. The van der Waals surface area contributed by atoms with E-state index in [4.69, 9.17) is 0 Å². The van der Waals surface area contributed by atoms with Gasteiger partial charge in [-0.3, -0.25) is 14.9 Å². The van der Waals surface area contributed by atoms with Crippen molar-refractivity contribution >= 4 is 24.0 Å². The van der Waals surface area contributed by atoms with E-state index >= 15 is 0 Å². The zero-order valence-corrected chi connectivity index (χ0v) is 8.91. The number of rotatable bonds is 2. The van der Waals surface area contributed by atoms with Gasteiger partial charge >= 0.3 is 0 Å². The highest BCUT2D eigenvalue weighted by Gasteiger charge is 2.29. The first-order valence-corrected chi connectivity index (χ1v) is 4.97. The third-order valence-corrected chi connectivity index (χ3v) is 2.53. The molecule has 1 aliphatic rings. The highest BCUT2D eigenvalue weighted by molar-refractivity contribution is 6.23. The van der Waals surface area contributed by atoms with Crippen molar-refractivity contribution in [3.05, 3.63) is 47.0 Å². The molecule has 3 nitrogen and oxygen atoms in total. The Bertz CT molecular complexity index is 527. The normalized spacial score (nSPS) is 14.1. The van der Waals surface area contributed by atoms with Gasteiger partial charge in [0.15, 0.2) is 0 Å². The molecule has 80 valence electrons. The Morgan fingerprint density at radius 2 is 2.00 bits per heavy atom. The Labute approximate surface area is 93.5 Å². The quantitative estimate of drug-likeness (QED) is 0.766. The van der Waals surface area contributed by atoms with Gasteiger partial charge in [-0.15, -0.1) is 0 Å². The van der Waals surface area contributed by atoms with Crippen LogP contribution in [0.3, 0.4) is 0 Å². The Hall–Kier alpha value is -2.16. The summed E-state index contributed by atoms with van der Waals surface area (Å²) in [5.74, 6) is -0.668. The minimum absolute atomic E-state index is 0.332. The zero-order valence-electron chi connectivity index (χ0n) is 8.91. The van der Waals surface area contributed by atoms with Crippen LogP contribution in [0.25, 0.3) is 12.2 Å². The van der Waals surface area contributed by atoms with Gasteiger partial charge in [0.25, 0.3) is 11.8 Å². The highest BCUT2D eigenvalue weighted by Crippen LogP contribution is 2.25. The molecule has 0 saturated heterocycles. The van der Waals surface area contributed by atoms with Crippen molar-refractivity contribution in [2.24, 2.45) is 0 Å². The smallest absolute Gasteiger partial charge is 0.259 e. The lowest BCUT2D eigenvalue weighted by molar-refractivity contribution is 0.0879. The number of nitrogens with one attached hydrogen (secondary N) is 1. The lowest BCUT2D eigenvalue weighted by Gasteiger charge is -2.05. The molecule has 0 aromatic heterocycles. The number of carbonyl (C=O) groups excluding carboxylic acids is 2. The van der Waals surface area contributed by atoms with Crippen LogP contribution in [-0.4, -0.2) is 11.8 Å². The van der Waals surface area contributed by atoms with Crippen molar-refractivity contribution in [3.8, 4) is 0 Å². The molecule has 3 heteroatoms. The van der Waals surface area contributed by atoms with E-state index < -0.39 is 0 Å². The standard InChI is InChI=1S/C13H11NO2/c1-3-5-9-8(4-2)6-7-10-11(9)13(16)14-12(10)15/h3-7H,2H2,1H3,(H,14,15,16). The van der Waals surface area contributed by atoms with Crippen LogP contribution in [0.1, 0.15) is 38.8 Å². The summed E-state index contributed by atoms with van der Waals surface area (Å²) in [4.78, 5) is 23.1. The molecule has 0 atom stereocenters. The molecule has 0 saturated carbocycles. The van der Waals surface area contributed by atoms with Gasteiger partial charge in [0.05, 0.1) is 11.1 Å². The molecule has 2 rings (SSSR count). The topological polar surface area (TPSA) is 46.2 Å². The molecule has 0 bridgehead atoms. The third-order valence-electron chi connectivity index (χ3n) is 2.53. The molecule has 0 spiro atoms. The van der Waals surface area contributed by atoms with E-state index in [0.717, 1.165) is 11.1 Å². The van der Waals surface area contributed by atoms with Crippen LogP contribution in [0, 0.1) is 0 Å². The fourth-order valence-corrected chi connectivity index (χ4v) is 1.83. The predicted octanol–water partition coefficient (Wildman–Crippen LogP) is 2.25. The summed E-state index contributed by atoms with van der Waals surface area (Å²) >= 11 is 0. The number of benzene rings is 1. The summed E-state index contributed by atoms with van der Waals surface area (Å²) in [6.07, 6.45) is 5.32. The van der Waals surface area contributed by atoms with Crippen molar-refractivity contribution in [1.82, 2.24) is 5.32 Å². The van der Waals surface area contributed by atoms with Crippen LogP contribution < -0.4 is 5.32 Å². The van der Waals surface area contributed by atoms with E-state index in [-0.39, 0.29) is 11.8 Å². The Morgan fingerprint density at radius 3 is 2.62 bits per heavy atom. The summed E-state index contributed by atoms with van der Waals surface area (Å²) in [6.45, 7) is 5.55. The molecule has 1 heterocycles. The molecule has 1 aromatic rings. The summed E-state index contributed by atoms with van der Waals surface area (Å²) in [5, 5.41) is 2.29. The molecule has 16 heavy (non-hydrogen) atoms. The predicted molar refractivity (Wildman–Crippen MR) is 63.0 cm³/mol.